The Morgan fingerprint density at radius 3 is 2.78 bits per heavy atom. The van der Waals surface area contributed by atoms with Crippen LogP contribution >= 0.6 is 0 Å². The minimum atomic E-state index is -0.526. The van der Waals surface area contributed by atoms with Gasteiger partial charge in [-0.05, 0) is 37.8 Å². The molecule has 0 aliphatic heterocycles. The predicted molar refractivity (Wildman–Crippen MR) is 121 cm³/mol. The van der Waals surface area contributed by atoms with Crippen LogP contribution in [0, 0.1) is 0 Å². The zero-order valence-electron chi connectivity index (χ0n) is 17.9. The molecule has 4 N–H and O–H groups in total. The maximum Gasteiger partial charge on any atom is 0.274 e. The lowest BCUT2D eigenvalue weighted by Gasteiger charge is -2.29. The van der Waals surface area contributed by atoms with E-state index in [4.69, 9.17) is 0 Å². The zero-order chi connectivity index (χ0) is 22.2. The predicted octanol–water partition coefficient (Wildman–Crippen LogP) is 2.04. The Morgan fingerprint density at radius 1 is 1.22 bits per heavy atom. The second-order valence-corrected chi connectivity index (χ2v) is 8.50. The van der Waals surface area contributed by atoms with Crippen molar-refractivity contribution in [3.05, 3.63) is 46.5 Å². The summed E-state index contributed by atoms with van der Waals surface area (Å²) in [6.45, 7) is 0. The van der Waals surface area contributed by atoms with Gasteiger partial charge in [-0.25, -0.2) is 4.98 Å². The molecule has 168 valence electrons. The molecule has 5 rings (SSSR count). The molecule has 2 aliphatic carbocycles. The van der Waals surface area contributed by atoms with Crippen molar-refractivity contribution in [1.82, 2.24) is 24.5 Å². The molecule has 2 fully saturated rings. The summed E-state index contributed by atoms with van der Waals surface area (Å²) < 4.78 is 3.17. The molecule has 3 aromatic heterocycles. The van der Waals surface area contributed by atoms with Gasteiger partial charge in [0.15, 0.2) is 5.65 Å². The molecule has 10 heteroatoms. The number of hydrogen-bond acceptors (Lipinski definition) is 7. The van der Waals surface area contributed by atoms with E-state index in [0.717, 1.165) is 32.1 Å². The standard InChI is InChI=1S/C22H27N7O3/c1-23-19-11-18(27-20-14(12-24-29(19)20)21(31)25-13-8-9-13)26-15-5-4-10-28(22(15)32)16-6-2-3-7-17(16)30/h4-5,10-13,16-17,23,30H,2-3,6-9H2,1H3,(H,25,31)(H,26,27)/t16-,17+/m1/s1. The minimum absolute atomic E-state index is 0.206. The number of carbonyl (C=O) groups excluding carboxylic acids is 1. The number of aliphatic hydroxyl groups is 1. The highest BCUT2D eigenvalue weighted by atomic mass is 16.3. The number of nitrogens with zero attached hydrogens (tertiary/aromatic N) is 4. The molecule has 0 bridgehead atoms. The fraction of sp³-hybridized carbons (Fsp3) is 0.455. The molecule has 0 unspecified atom stereocenters. The molecule has 2 atom stereocenters. The fourth-order valence-electron chi connectivity index (χ4n) is 4.28. The topological polar surface area (TPSA) is 126 Å². The number of aliphatic hydroxyl groups excluding tert-OH is 1. The highest BCUT2D eigenvalue weighted by Crippen LogP contribution is 2.28. The van der Waals surface area contributed by atoms with E-state index in [9.17, 15) is 14.7 Å². The SMILES string of the molecule is CNc1cc(Nc2cccn([C@@H]3CCCC[C@@H]3O)c2=O)nc2c(C(=O)NC3CC3)cnn12. The molecule has 2 aliphatic rings. The van der Waals surface area contributed by atoms with Crippen molar-refractivity contribution in [3.8, 4) is 0 Å². The molecule has 32 heavy (non-hydrogen) atoms. The number of amides is 1. The number of fused-ring (bicyclic) bond motifs is 1. The molecule has 1 amide bonds. The quantitative estimate of drug-likeness (QED) is 0.465. The van der Waals surface area contributed by atoms with Gasteiger partial charge in [0, 0.05) is 25.4 Å². The molecular formula is C22H27N7O3. The molecule has 0 aromatic carbocycles. The van der Waals surface area contributed by atoms with Crippen LogP contribution in [-0.2, 0) is 0 Å². The van der Waals surface area contributed by atoms with Crippen molar-refractivity contribution in [3.63, 3.8) is 0 Å². The summed E-state index contributed by atoms with van der Waals surface area (Å²) in [7, 11) is 1.75. The van der Waals surface area contributed by atoms with E-state index in [1.165, 1.54) is 6.20 Å². The van der Waals surface area contributed by atoms with Crippen LogP contribution in [-0.4, -0.2) is 49.4 Å². The Kier molecular flexibility index (Phi) is 5.30. The second kappa shape index (κ2) is 8.27. The van der Waals surface area contributed by atoms with Crippen molar-refractivity contribution in [2.24, 2.45) is 0 Å². The van der Waals surface area contributed by atoms with Crippen molar-refractivity contribution in [1.29, 1.82) is 0 Å². The Morgan fingerprint density at radius 2 is 2.03 bits per heavy atom. The fourth-order valence-corrected chi connectivity index (χ4v) is 4.28. The molecule has 3 heterocycles. The molecule has 10 nitrogen and oxygen atoms in total. The van der Waals surface area contributed by atoms with E-state index in [1.807, 2.05) is 0 Å². The number of rotatable bonds is 6. The third-order valence-electron chi connectivity index (χ3n) is 6.17. The third kappa shape index (κ3) is 3.81. The minimum Gasteiger partial charge on any atom is -0.391 e. The molecule has 0 spiro atoms. The number of carbonyl (C=O) groups is 1. The Labute approximate surface area is 184 Å². The maximum atomic E-state index is 13.2. The van der Waals surface area contributed by atoms with Gasteiger partial charge in [-0.1, -0.05) is 12.8 Å². The van der Waals surface area contributed by atoms with Gasteiger partial charge in [-0.15, -0.1) is 0 Å². The van der Waals surface area contributed by atoms with Gasteiger partial charge in [-0.2, -0.15) is 9.61 Å². The lowest BCUT2D eigenvalue weighted by molar-refractivity contribution is 0.0739. The van der Waals surface area contributed by atoms with Crippen LogP contribution in [0.4, 0.5) is 17.3 Å². The molecule has 3 aromatic rings. The van der Waals surface area contributed by atoms with Crippen LogP contribution in [0.15, 0.2) is 35.4 Å². The molecule has 0 saturated heterocycles. The van der Waals surface area contributed by atoms with Crippen molar-refractivity contribution in [2.75, 3.05) is 17.7 Å². The number of pyridine rings is 1. The number of aromatic nitrogens is 4. The Bertz CT molecular complexity index is 1210. The summed E-state index contributed by atoms with van der Waals surface area (Å²) in [4.78, 5) is 30.4. The lowest BCUT2D eigenvalue weighted by Crippen LogP contribution is -2.34. The van der Waals surface area contributed by atoms with Crippen LogP contribution in [0.2, 0.25) is 0 Å². The lowest BCUT2D eigenvalue weighted by atomic mass is 9.92. The normalized spacial score (nSPS) is 20.8. The van der Waals surface area contributed by atoms with Crippen LogP contribution in [0.3, 0.4) is 0 Å². The first kappa shape index (κ1) is 20.5. The summed E-state index contributed by atoms with van der Waals surface area (Å²) in [5, 5.41) is 23.8. The van der Waals surface area contributed by atoms with Gasteiger partial charge < -0.3 is 25.6 Å². The number of nitrogens with one attached hydrogen (secondary N) is 3. The largest absolute Gasteiger partial charge is 0.391 e. The van der Waals surface area contributed by atoms with Gasteiger partial charge in [0.2, 0.25) is 0 Å². The average molecular weight is 438 g/mol. The first-order valence-electron chi connectivity index (χ1n) is 11.1. The summed E-state index contributed by atoms with van der Waals surface area (Å²) >= 11 is 0. The summed E-state index contributed by atoms with van der Waals surface area (Å²) in [5.41, 5.74) is 0.920. The smallest absolute Gasteiger partial charge is 0.274 e. The highest BCUT2D eigenvalue weighted by molar-refractivity contribution is 6.00. The zero-order valence-corrected chi connectivity index (χ0v) is 17.9. The summed E-state index contributed by atoms with van der Waals surface area (Å²) in [6, 6.07) is 5.20. The first-order valence-corrected chi connectivity index (χ1v) is 11.1. The van der Waals surface area contributed by atoms with E-state index < -0.39 is 6.10 Å². The summed E-state index contributed by atoms with van der Waals surface area (Å²) in [5.74, 6) is 0.839. The van der Waals surface area contributed by atoms with Crippen LogP contribution < -0.4 is 21.5 Å². The van der Waals surface area contributed by atoms with Crippen molar-refractivity contribution < 1.29 is 9.90 Å². The van der Waals surface area contributed by atoms with E-state index in [2.05, 4.69) is 26.0 Å². The van der Waals surface area contributed by atoms with Gasteiger partial charge in [-0.3, -0.25) is 9.59 Å². The monoisotopic (exact) mass is 437 g/mol. The van der Waals surface area contributed by atoms with E-state index >= 15 is 0 Å². The Balaban J connectivity index is 1.49. The highest BCUT2D eigenvalue weighted by Gasteiger charge is 2.27. The maximum absolute atomic E-state index is 13.2. The third-order valence-corrected chi connectivity index (χ3v) is 6.17. The molecule has 2 saturated carbocycles. The number of hydrogen-bond donors (Lipinski definition) is 4. The van der Waals surface area contributed by atoms with Crippen LogP contribution in [0.25, 0.3) is 5.65 Å². The van der Waals surface area contributed by atoms with Crippen molar-refractivity contribution in [2.45, 2.75) is 56.7 Å². The van der Waals surface area contributed by atoms with E-state index in [0.29, 0.717) is 35.0 Å². The van der Waals surface area contributed by atoms with E-state index in [-0.39, 0.29) is 23.6 Å². The molecular weight excluding hydrogens is 410 g/mol. The van der Waals surface area contributed by atoms with Gasteiger partial charge in [0.05, 0.1) is 18.3 Å². The van der Waals surface area contributed by atoms with Crippen LogP contribution in [0.1, 0.15) is 54.9 Å². The van der Waals surface area contributed by atoms with Crippen LogP contribution in [0.5, 0.6) is 0 Å². The van der Waals surface area contributed by atoms with E-state index in [1.54, 1.807) is 40.5 Å². The Hall–Kier alpha value is -3.40. The summed E-state index contributed by atoms with van der Waals surface area (Å²) in [6.07, 6.45) is 8.11. The first-order chi connectivity index (χ1) is 15.5. The van der Waals surface area contributed by atoms with Gasteiger partial charge >= 0.3 is 0 Å². The molecule has 0 radical (unpaired) electrons. The van der Waals surface area contributed by atoms with Crippen molar-refractivity contribution >= 4 is 28.9 Å². The number of anilines is 3. The van der Waals surface area contributed by atoms with Gasteiger partial charge in [0.1, 0.15) is 22.9 Å². The second-order valence-electron chi connectivity index (χ2n) is 8.50. The average Bonchev–Trinajstić information content (AvgIpc) is 3.50. The van der Waals surface area contributed by atoms with Gasteiger partial charge in [0.25, 0.3) is 11.5 Å².